The molecule has 10 nitrogen and oxygen atoms in total. The van der Waals surface area contributed by atoms with Crippen LogP contribution in [0.15, 0.2) is 85.2 Å². The van der Waals surface area contributed by atoms with Gasteiger partial charge in [0.1, 0.15) is 11.6 Å². The fourth-order valence-corrected chi connectivity index (χ4v) is 4.32. The molecule has 55 heavy (non-hydrogen) atoms. The lowest BCUT2D eigenvalue weighted by atomic mass is 10.2. The van der Waals surface area contributed by atoms with Crippen LogP contribution in [0.25, 0.3) is 0 Å². The van der Waals surface area contributed by atoms with Crippen LogP contribution in [-0.4, -0.2) is 56.2 Å². The number of amides is 3. The first-order chi connectivity index (χ1) is 25.5. The summed E-state index contributed by atoms with van der Waals surface area (Å²) in [7, 11) is 0. The summed E-state index contributed by atoms with van der Waals surface area (Å²) >= 11 is 0. The molecule has 0 spiro atoms. The zero-order valence-corrected chi connectivity index (χ0v) is 27.7. The van der Waals surface area contributed by atoms with Crippen molar-refractivity contribution in [2.24, 2.45) is 5.73 Å². The number of carbonyl (C=O) groups excluding carboxylic acids is 4. The largest absolute Gasteiger partial charge is 0.449 e. The maximum atomic E-state index is 13.9. The summed E-state index contributed by atoms with van der Waals surface area (Å²) in [6, 6.07) is 14.1. The Bertz CT molecular complexity index is 1950. The van der Waals surface area contributed by atoms with Gasteiger partial charge in [0.15, 0.2) is 6.61 Å². The molecule has 2 heterocycles. The lowest BCUT2D eigenvalue weighted by Crippen LogP contribution is -2.39. The van der Waals surface area contributed by atoms with Gasteiger partial charge in [-0.2, -0.15) is 39.5 Å². The molecule has 0 fully saturated rings. The second-order valence-corrected chi connectivity index (χ2v) is 11.1. The third-order valence-corrected chi connectivity index (χ3v) is 6.97. The van der Waals surface area contributed by atoms with Crippen molar-refractivity contribution < 1.29 is 72.2 Å². The molecule has 0 radical (unpaired) electrons. The van der Waals surface area contributed by atoms with Gasteiger partial charge in [0, 0.05) is 36.6 Å². The Hall–Kier alpha value is -6.15. The van der Waals surface area contributed by atoms with Gasteiger partial charge in [-0.05, 0) is 36.4 Å². The van der Waals surface area contributed by atoms with Crippen LogP contribution in [-0.2, 0) is 62.4 Å². The van der Waals surface area contributed by atoms with Crippen molar-refractivity contribution in [3.63, 3.8) is 0 Å². The summed E-state index contributed by atoms with van der Waals surface area (Å²) in [5.74, 6) is -7.10. The van der Waals surface area contributed by atoms with Crippen molar-refractivity contribution in [2.75, 3.05) is 6.61 Å². The fourth-order valence-electron chi connectivity index (χ4n) is 4.32. The summed E-state index contributed by atoms with van der Waals surface area (Å²) in [4.78, 5) is 55.7. The van der Waals surface area contributed by atoms with Crippen LogP contribution in [0.5, 0.6) is 0 Å². The first-order valence-electron chi connectivity index (χ1n) is 15.2. The highest BCUT2D eigenvalue weighted by Crippen LogP contribution is 2.29. The van der Waals surface area contributed by atoms with E-state index in [2.05, 4.69) is 14.7 Å². The van der Waals surface area contributed by atoms with Crippen LogP contribution in [0.4, 0.5) is 48.3 Å². The van der Waals surface area contributed by atoms with E-state index in [1.165, 1.54) is 36.4 Å². The topological polar surface area (TPSA) is 136 Å². The van der Waals surface area contributed by atoms with Crippen LogP contribution < -0.4 is 5.73 Å². The maximum absolute atomic E-state index is 13.9. The molecular formula is C34H26F11N5O5. The number of alkyl halides is 9. The highest BCUT2D eigenvalue weighted by Gasteiger charge is 2.34. The molecule has 294 valence electrons. The van der Waals surface area contributed by atoms with E-state index in [0.717, 1.165) is 29.2 Å². The number of hydrogen-bond donors (Lipinski definition) is 1. The molecule has 4 aromatic rings. The van der Waals surface area contributed by atoms with Crippen LogP contribution in [0.2, 0.25) is 0 Å². The number of benzene rings is 2. The molecule has 2 aromatic heterocycles. The second-order valence-electron chi connectivity index (χ2n) is 11.1. The summed E-state index contributed by atoms with van der Waals surface area (Å²) in [5, 5.41) is 0. The lowest BCUT2D eigenvalue weighted by molar-refractivity contribution is -0.189. The Kier molecular flexibility index (Phi) is 14.4. The van der Waals surface area contributed by atoms with E-state index < -0.39 is 84.7 Å². The van der Waals surface area contributed by atoms with Crippen LogP contribution in [0.3, 0.4) is 0 Å². The van der Waals surface area contributed by atoms with E-state index in [9.17, 15) is 67.5 Å². The molecule has 0 saturated carbocycles. The number of pyridine rings is 2. The van der Waals surface area contributed by atoms with Crippen LogP contribution in [0, 0.1) is 11.6 Å². The average molecular weight is 794 g/mol. The smallest absolute Gasteiger partial charge is 0.422 e. The van der Waals surface area contributed by atoms with Gasteiger partial charge in [0.05, 0.1) is 35.6 Å². The van der Waals surface area contributed by atoms with E-state index >= 15 is 0 Å². The summed E-state index contributed by atoms with van der Waals surface area (Å²) < 4.78 is 144. The number of carbonyl (C=O) groups is 4. The third-order valence-electron chi connectivity index (χ3n) is 6.97. The highest BCUT2D eigenvalue weighted by atomic mass is 19.4. The van der Waals surface area contributed by atoms with Gasteiger partial charge in [-0.25, -0.2) is 13.6 Å². The number of nitrogens with two attached hydrogens (primary N) is 1. The van der Waals surface area contributed by atoms with Gasteiger partial charge < -0.3 is 20.3 Å². The molecule has 0 aliphatic heterocycles. The number of rotatable bonds is 9. The van der Waals surface area contributed by atoms with Crippen molar-refractivity contribution >= 4 is 23.7 Å². The number of nitrogens with zero attached hydrogens (tertiary/aromatic N) is 4. The maximum Gasteiger partial charge on any atom is 0.422 e. The van der Waals surface area contributed by atoms with Crippen LogP contribution >= 0.6 is 0 Å². The molecule has 0 atom stereocenters. The Morgan fingerprint density at radius 2 is 0.982 bits per heavy atom. The Morgan fingerprint density at radius 1 is 0.582 bits per heavy atom. The van der Waals surface area contributed by atoms with Crippen LogP contribution in [0.1, 0.15) is 33.6 Å². The normalized spacial score (nSPS) is 11.5. The van der Waals surface area contributed by atoms with Crippen molar-refractivity contribution in [3.05, 3.63) is 130 Å². The molecule has 4 rings (SSSR count). The monoisotopic (exact) mass is 793 g/mol. The Morgan fingerprint density at radius 3 is 1.31 bits per heavy atom. The predicted molar refractivity (Wildman–Crippen MR) is 166 cm³/mol. The third kappa shape index (κ3) is 13.6. The first kappa shape index (κ1) is 43.3. The molecule has 3 amide bonds. The minimum Gasteiger partial charge on any atom is -0.449 e. The molecular weight excluding hydrogens is 767 g/mol. The molecule has 0 saturated heterocycles. The average Bonchev–Trinajstić information content (AvgIpc) is 3.10. The Labute approximate surface area is 303 Å². The van der Waals surface area contributed by atoms with E-state index in [4.69, 9.17) is 5.73 Å². The number of aromatic nitrogens is 2. The van der Waals surface area contributed by atoms with Gasteiger partial charge >= 0.3 is 42.2 Å². The number of halogens is 11. The summed E-state index contributed by atoms with van der Waals surface area (Å²) in [5.41, 5.74) is 2.99. The van der Waals surface area contributed by atoms with E-state index in [0.29, 0.717) is 23.4 Å². The predicted octanol–water partition coefficient (Wildman–Crippen LogP) is 6.13. The number of hydrogen-bond acceptors (Lipinski definition) is 7. The quantitative estimate of drug-likeness (QED) is 0.123. The van der Waals surface area contributed by atoms with E-state index in [1.54, 1.807) is 6.07 Å². The second kappa shape index (κ2) is 18.3. The van der Waals surface area contributed by atoms with E-state index in [-0.39, 0.29) is 35.6 Å². The zero-order chi connectivity index (χ0) is 41.1. The minimum absolute atomic E-state index is 0.0821. The van der Waals surface area contributed by atoms with E-state index in [1.807, 2.05) is 0 Å². The minimum atomic E-state index is -4.87. The molecule has 2 aromatic carbocycles. The molecule has 0 aliphatic carbocycles. The van der Waals surface area contributed by atoms with Crippen molar-refractivity contribution in [1.82, 2.24) is 19.8 Å². The fraction of sp³-hybridized carbons (Fsp3) is 0.235. The first-order valence-corrected chi connectivity index (χ1v) is 15.2. The molecule has 0 bridgehead atoms. The Balaban J connectivity index is 0.000000300. The molecule has 0 unspecified atom stereocenters. The zero-order valence-electron chi connectivity index (χ0n) is 27.7. The highest BCUT2D eigenvalue weighted by molar-refractivity contribution is 6.34. The molecule has 0 aliphatic rings. The van der Waals surface area contributed by atoms with Gasteiger partial charge in [-0.1, -0.05) is 36.4 Å². The van der Waals surface area contributed by atoms with Crippen molar-refractivity contribution in [1.29, 1.82) is 0 Å². The van der Waals surface area contributed by atoms with Gasteiger partial charge in [0.2, 0.25) is 0 Å². The SMILES string of the molecule is NC(=O)C(=O)N(Cc1ccc(C(F)(F)F)cn1)Cc1ccccc1F.O=C(OCC(F)(F)F)C(=O)N(Cc1ccc(C(F)(F)F)cn1)Cc1ccccc1F. The summed E-state index contributed by atoms with van der Waals surface area (Å²) in [6.07, 6.45) is -13.0. The van der Waals surface area contributed by atoms with Crippen molar-refractivity contribution in [2.45, 2.75) is 44.7 Å². The van der Waals surface area contributed by atoms with Gasteiger partial charge in [-0.15, -0.1) is 0 Å². The summed E-state index contributed by atoms with van der Waals surface area (Å²) in [6.45, 7) is -3.73. The molecule has 2 N–H and O–H groups in total. The lowest BCUT2D eigenvalue weighted by Gasteiger charge is -2.22. The molecule has 21 heteroatoms. The van der Waals surface area contributed by atoms with Gasteiger partial charge in [-0.3, -0.25) is 24.4 Å². The standard InChI is InChI=1S/C18H13F7N2O3.C16H13F4N3O2/c19-14-4-2-1-3-11(14)8-27(15(28)16(29)30-10-17(20,21)22)9-13-6-5-12(7-26-13)18(23,24)25;17-13-4-2-1-3-10(13)8-23(15(25)14(21)24)9-12-6-5-11(7-22-12)16(18,19)20/h1-7H,8-10H2;1-7H,8-9H2,(H2,21,24). The number of ether oxygens (including phenoxy) is 1. The number of primary amides is 1. The van der Waals surface area contributed by atoms with Gasteiger partial charge in [0.25, 0.3) is 0 Å². The number of esters is 1. The van der Waals surface area contributed by atoms with Crippen molar-refractivity contribution in [3.8, 4) is 0 Å².